The van der Waals surface area contributed by atoms with E-state index in [1.54, 1.807) is 6.07 Å². The molecule has 1 rings (SSSR count). The summed E-state index contributed by atoms with van der Waals surface area (Å²) < 4.78 is 0. The van der Waals surface area contributed by atoms with Crippen molar-refractivity contribution in [1.29, 1.82) is 0 Å². The molecule has 0 aliphatic rings. The summed E-state index contributed by atoms with van der Waals surface area (Å²) in [5.41, 5.74) is -0.0892. The summed E-state index contributed by atoms with van der Waals surface area (Å²) in [5, 5.41) is 28.8. The van der Waals surface area contributed by atoms with Gasteiger partial charge >= 0.3 is 5.97 Å². The zero-order valence-corrected chi connectivity index (χ0v) is 10.2. The minimum atomic E-state index is -1.20. The van der Waals surface area contributed by atoms with E-state index in [9.17, 15) is 9.59 Å². The lowest BCUT2D eigenvalue weighted by atomic mass is 10.1. The molecule has 1 aromatic rings. The van der Waals surface area contributed by atoms with Crippen LogP contribution >= 0.6 is 12.4 Å². The molecule has 4 N–H and O–H groups in total. The highest BCUT2D eigenvalue weighted by molar-refractivity contribution is 6.04. The Kier molecular flexibility index (Phi) is 6.96. The number of carboxylic acids is 1. The van der Waals surface area contributed by atoms with Crippen molar-refractivity contribution in [3.8, 4) is 0 Å². The van der Waals surface area contributed by atoms with E-state index in [1.807, 2.05) is 0 Å². The van der Waals surface area contributed by atoms with Crippen molar-refractivity contribution in [2.45, 2.75) is 6.10 Å². The third-order valence-electron chi connectivity index (χ3n) is 2.11. The number of aliphatic hydroxyl groups excluding tert-OH is 2. The Labute approximate surface area is 110 Å². The lowest BCUT2D eigenvalue weighted by Gasteiger charge is -2.10. The number of amides is 1. The first-order chi connectivity index (χ1) is 8.06. The zero-order chi connectivity index (χ0) is 12.8. The molecule has 0 aromatic heterocycles. The number of halogens is 1. The number of carbonyl (C=O) groups is 2. The third-order valence-corrected chi connectivity index (χ3v) is 2.11. The van der Waals surface area contributed by atoms with E-state index in [0.29, 0.717) is 0 Å². The summed E-state index contributed by atoms with van der Waals surface area (Å²) in [7, 11) is 0. The molecule has 0 saturated heterocycles. The van der Waals surface area contributed by atoms with E-state index in [0.717, 1.165) is 0 Å². The van der Waals surface area contributed by atoms with Crippen LogP contribution in [0.15, 0.2) is 24.3 Å². The van der Waals surface area contributed by atoms with Gasteiger partial charge in [0.15, 0.2) is 0 Å². The Bertz CT molecular complexity index is 424. The maximum Gasteiger partial charge on any atom is 0.336 e. The number of carboxylic acid groups (broad SMARTS) is 1. The molecule has 0 aliphatic heterocycles. The molecule has 1 atom stereocenters. The minimum absolute atomic E-state index is 0. The van der Waals surface area contributed by atoms with Crippen LogP contribution in [0.3, 0.4) is 0 Å². The minimum Gasteiger partial charge on any atom is -0.478 e. The number of hydrogen-bond donors (Lipinski definition) is 4. The van der Waals surface area contributed by atoms with Crippen LogP contribution in [0.2, 0.25) is 0 Å². The molecule has 0 spiro atoms. The Balaban J connectivity index is 0.00000289. The van der Waals surface area contributed by atoms with Gasteiger partial charge < -0.3 is 20.6 Å². The van der Waals surface area contributed by atoms with Gasteiger partial charge in [0.2, 0.25) is 0 Å². The SMILES string of the molecule is Cl.O=C(O)c1ccccc1C(=O)NCC(O)CO. The second-order valence-electron chi connectivity index (χ2n) is 3.40. The lowest BCUT2D eigenvalue weighted by Crippen LogP contribution is -2.34. The monoisotopic (exact) mass is 275 g/mol. The van der Waals surface area contributed by atoms with Gasteiger partial charge in [0.1, 0.15) is 0 Å². The van der Waals surface area contributed by atoms with Gasteiger partial charge in [-0.1, -0.05) is 12.1 Å². The maximum atomic E-state index is 11.6. The summed E-state index contributed by atoms with van der Waals surface area (Å²) in [5.74, 6) is -1.80. The van der Waals surface area contributed by atoms with E-state index >= 15 is 0 Å². The molecule has 0 aliphatic carbocycles. The smallest absolute Gasteiger partial charge is 0.336 e. The van der Waals surface area contributed by atoms with Crippen molar-refractivity contribution in [2.75, 3.05) is 13.2 Å². The summed E-state index contributed by atoms with van der Waals surface area (Å²) in [4.78, 5) is 22.5. The largest absolute Gasteiger partial charge is 0.478 e. The van der Waals surface area contributed by atoms with Crippen molar-refractivity contribution in [2.24, 2.45) is 0 Å². The van der Waals surface area contributed by atoms with Gasteiger partial charge in [-0.05, 0) is 12.1 Å². The van der Waals surface area contributed by atoms with E-state index in [4.69, 9.17) is 15.3 Å². The van der Waals surface area contributed by atoms with Gasteiger partial charge in [-0.25, -0.2) is 4.79 Å². The highest BCUT2D eigenvalue weighted by Crippen LogP contribution is 2.08. The number of aliphatic hydroxyl groups is 2. The molecule has 0 radical (unpaired) electrons. The van der Waals surface area contributed by atoms with Gasteiger partial charge in [0.05, 0.1) is 23.8 Å². The molecule has 6 nitrogen and oxygen atoms in total. The van der Waals surface area contributed by atoms with Crippen LogP contribution in [0.1, 0.15) is 20.7 Å². The normalized spacial score (nSPS) is 11.2. The zero-order valence-electron chi connectivity index (χ0n) is 9.37. The van der Waals surface area contributed by atoms with E-state index in [2.05, 4.69) is 5.32 Å². The first-order valence-corrected chi connectivity index (χ1v) is 4.95. The first-order valence-electron chi connectivity index (χ1n) is 4.95. The molecule has 100 valence electrons. The number of benzene rings is 1. The number of nitrogens with one attached hydrogen (secondary N) is 1. The predicted molar refractivity (Wildman–Crippen MR) is 66.1 cm³/mol. The molecule has 1 aromatic carbocycles. The van der Waals surface area contributed by atoms with Crippen molar-refractivity contribution in [3.63, 3.8) is 0 Å². The topological polar surface area (TPSA) is 107 Å². The van der Waals surface area contributed by atoms with Crippen LogP contribution in [0, 0.1) is 0 Å². The van der Waals surface area contributed by atoms with Crippen LogP contribution in [0.25, 0.3) is 0 Å². The molecule has 0 fully saturated rings. The molecule has 0 bridgehead atoms. The van der Waals surface area contributed by atoms with Crippen LogP contribution in [-0.4, -0.2) is 46.5 Å². The average molecular weight is 276 g/mol. The summed E-state index contributed by atoms with van der Waals surface area (Å²) >= 11 is 0. The van der Waals surface area contributed by atoms with E-state index < -0.39 is 24.6 Å². The average Bonchev–Trinajstić information content (AvgIpc) is 2.35. The molecule has 0 saturated carbocycles. The van der Waals surface area contributed by atoms with Gasteiger partial charge in [-0.2, -0.15) is 0 Å². The van der Waals surface area contributed by atoms with Crippen molar-refractivity contribution < 1.29 is 24.9 Å². The number of hydrogen-bond acceptors (Lipinski definition) is 4. The van der Waals surface area contributed by atoms with Crippen LogP contribution < -0.4 is 5.32 Å². The summed E-state index contributed by atoms with van der Waals surface area (Å²) in [6.45, 7) is -0.607. The molecule has 1 amide bonds. The van der Waals surface area contributed by atoms with Crippen LogP contribution in [-0.2, 0) is 0 Å². The van der Waals surface area contributed by atoms with Crippen LogP contribution in [0.4, 0.5) is 0 Å². The van der Waals surface area contributed by atoms with Crippen molar-refractivity contribution >= 4 is 24.3 Å². The Morgan fingerprint density at radius 3 is 2.28 bits per heavy atom. The summed E-state index contributed by atoms with van der Waals surface area (Å²) in [6, 6.07) is 5.76. The fourth-order valence-corrected chi connectivity index (χ4v) is 1.24. The standard InChI is InChI=1S/C11H13NO5.ClH/c13-6-7(14)5-12-10(15)8-3-1-2-4-9(8)11(16)17;/h1-4,7,13-14H,5-6H2,(H,12,15)(H,16,17);1H. The van der Waals surface area contributed by atoms with Gasteiger partial charge in [0.25, 0.3) is 5.91 Å². The molecule has 1 unspecified atom stereocenters. The van der Waals surface area contributed by atoms with Gasteiger partial charge in [-0.15, -0.1) is 12.4 Å². The second-order valence-corrected chi connectivity index (χ2v) is 3.40. The van der Waals surface area contributed by atoms with Gasteiger partial charge in [-0.3, -0.25) is 4.79 Å². The predicted octanol–water partition coefficient (Wildman–Crippen LogP) is -0.110. The molecular weight excluding hydrogens is 262 g/mol. The quantitative estimate of drug-likeness (QED) is 0.600. The fraction of sp³-hybridized carbons (Fsp3) is 0.273. The Morgan fingerprint density at radius 2 is 1.78 bits per heavy atom. The fourth-order valence-electron chi connectivity index (χ4n) is 1.24. The molecule has 7 heteroatoms. The lowest BCUT2D eigenvalue weighted by molar-refractivity contribution is 0.0687. The van der Waals surface area contributed by atoms with Crippen LogP contribution in [0.5, 0.6) is 0 Å². The van der Waals surface area contributed by atoms with E-state index in [1.165, 1.54) is 18.2 Å². The van der Waals surface area contributed by atoms with Crippen molar-refractivity contribution in [3.05, 3.63) is 35.4 Å². The Hall–Kier alpha value is -1.63. The second kappa shape index (κ2) is 7.65. The molecular formula is C11H14ClNO5. The Morgan fingerprint density at radius 1 is 1.22 bits per heavy atom. The highest BCUT2D eigenvalue weighted by atomic mass is 35.5. The third kappa shape index (κ3) is 4.33. The first kappa shape index (κ1) is 16.4. The van der Waals surface area contributed by atoms with Crippen molar-refractivity contribution in [1.82, 2.24) is 5.32 Å². The molecule has 18 heavy (non-hydrogen) atoms. The highest BCUT2D eigenvalue weighted by Gasteiger charge is 2.16. The summed E-state index contributed by atoms with van der Waals surface area (Å²) in [6.07, 6.45) is -1.06. The number of carbonyl (C=O) groups excluding carboxylic acids is 1. The number of aromatic carboxylic acids is 1. The van der Waals surface area contributed by atoms with E-state index in [-0.39, 0.29) is 30.1 Å². The maximum absolute atomic E-state index is 11.6. The van der Waals surface area contributed by atoms with Gasteiger partial charge in [0, 0.05) is 6.54 Å². The number of rotatable bonds is 5. The molecule has 0 heterocycles.